The van der Waals surface area contributed by atoms with Gasteiger partial charge in [0.25, 0.3) is 0 Å². The topological polar surface area (TPSA) is 21.3 Å². The highest BCUT2D eigenvalue weighted by atomic mass is 19.1. The molecule has 17 heavy (non-hydrogen) atoms. The Balaban J connectivity index is 2.35. The Hall–Kier alpha value is -0.930. The predicted octanol–water partition coefficient (Wildman–Crippen LogP) is 3.29. The highest BCUT2D eigenvalue weighted by Gasteiger charge is 2.08. The van der Waals surface area contributed by atoms with Crippen LogP contribution in [-0.4, -0.2) is 20.3 Å². The molecular weight excluding hydrogens is 217 g/mol. The summed E-state index contributed by atoms with van der Waals surface area (Å²) in [5.41, 5.74) is 1.10. The predicted molar refractivity (Wildman–Crippen MR) is 68.5 cm³/mol. The van der Waals surface area contributed by atoms with Gasteiger partial charge in [0.15, 0.2) is 0 Å². The minimum Gasteiger partial charge on any atom is -0.381 e. The molecule has 0 radical (unpaired) electrons. The summed E-state index contributed by atoms with van der Waals surface area (Å²) in [6.45, 7) is 3.72. The Morgan fingerprint density at radius 3 is 2.53 bits per heavy atom. The summed E-state index contributed by atoms with van der Waals surface area (Å²) in [6, 6.07) is 6.87. The van der Waals surface area contributed by atoms with Crippen LogP contribution in [0.3, 0.4) is 0 Å². The van der Waals surface area contributed by atoms with Crippen molar-refractivity contribution in [2.75, 3.05) is 20.3 Å². The molecule has 0 aliphatic carbocycles. The molecule has 0 aromatic heterocycles. The number of halogens is 1. The zero-order valence-electron chi connectivity index (χ0n) is 10.7. The number of hydrogen-bond acceptors (Lipinski definition) is 2. The van der Waals surface area contributed by atoms with Crippen molar-refractivity contribution < 1.29 is 9.13 Å². The van der Waals surface area contributed by atoms with E-state index in [4.69, 9.17) is 4.74 Å². The van der Waals surface area contributed by atoms with E-state index in [-0.39, 0.29) is 11.9 Å². The molecule has 0 bridgehead atoms. The summed E-state index contributed by atoms with van der Waals surface area (Å²) in [4.78, 5) is 0. The number of nitrogens with one attached hydrogen (secondary N) is 1. The summed E-state index contributed by atoms with van der Waals surface area (Å²) in [5.74, 6) is -0.192. The maximum Gasteiger partial charge on any atom is 0.123 e. The van der Waals surface area contributed by atoms with Gasteiger partial charge in [0.2, 0.25) is 0 Å². The summed E-state index contributed by atoms with van der Waals surface area (Å²) in [5, 5.41) is 3.23. The Morgan fingerprint density at radius 1 is 1.24 bits per heavy atom. The molecular formula is C14H22FNO. The van der Waals surface area contributed by atoms with Gasteiger partial charge in [0.05, 0.1) is 0 Å². The number of hydrogen-bond donors (Lipinski definition) is 1. The molecule has 2 nitrogen and oxygen atoms in total. The van der Waals surface area contributed by atoms with Crippen molar-refractivity contribution in [1.29, 1.82) is 0 Å². The largest absolute Gasteiger partial charge is 0.381 e. The molecule has 0 saturated carbocycles. The van der Waals surface area contributed by atoms with Crippen LogP contribution in [0.1, 0.15) is 37.8 Å². The minimum atomic E-state index is -0.192. The summed E-state index contributed by atoms with van der Waals surface area (Å²) in [6.07, 6.45) is 3.18. The molecule has 0 amide bonds. The van der Waals surface area contributed by atoms with Gasteiger partial charge < -0.3 is 10.1 Å². The second-order valence-electron chi connectivity index (χ2n) is 4.15. The van der Waals surface area contributed by atoms with Gasteiger partial charge in [-0.2, -0.15) is 0 Å². The molecule has 0 heterocycles. The summed E-state index contributed by atoms with van der Waals surface area (Å²) < 4.78 is 18.3. The van der Waals surface area contributed by atoms with E-state index in [9.17, 15) is 4.39 Å². The van der Waals surface area contributed by atoms with Gasteiger partial charge in [0.1, 0.15) is 5.82 Å². The van der Waals surface area contributed by atoms with Gasteiger partial charge >= 0.3 is 0 Å². The maximum atomic E-state index is 12.8. The van der Waals surface area contributed by atoms with Crippen LogP contribution in [0.2, 0.25) is 0 Å². The quantitative estimate of drug-likeness (QED) is 0.703. The number of benzene rings is 1. The van der Waals surface area contributed by atoms with Gasteiger partial charge in [-0.05, 0) is 37.6 Å². The maximum absolute atomic E-state index is 12.8. The van der Waals surface area contributed by atoms with E-state index in [1.165, 1.54) is 12.1 Å². The van der Waals surface area contributed by atoms with E-state index in [0.717, 1.165) is 38.0 Å². The lowest BCUT2D eigenvalue weighted by Gasteiger charge is -2.16. The van der Waals surface area contributed by atoms with Crippen molar-refractivity contribution >= 4 is 0 Å². The Morgan fingerprint density at radius 2 is 1.94 bits per heavy atom. The van der Waals surface area contributed by atoms with E-state index in [1.54, 1.807) is 0 Å². The number of unbranched alkanes of at least 4 members (excludes halogenated alkanes) is 1. The Labute approximate surface area is 103 Å². The first-order chi connectivity index (χ1) is 8.27. The van der Waals surface area contributed by atoms with Crippen LogP contribution < -0.4 is 5.32 Å². The van der Waals surface area contributed by atoms with Crippen molar-refractivity contribution in [2.24, 2.45) is 0 Å². The average Bonchev–Trinajstić information content (AvgIpc) is 2.35. The lowest BCUT2D eigenvalue weighted by molar-refractivity contribution is 0.122. The fourth-order valence-corrected chi connectivity index (χ4v) is 1.72. The second-order valence-corrected chi connectivity index (χ2v) is 4.15. The normalized spacial score (nSPS) is 12.6. The van der Waals surface area contributed by atoms with Crippen molar-refractivity contribution in [2.45, 2.75) is 32.2 Å². The van der Waals surface area contributed by atoms with Crippen molar-refractivity contribution in [3.05, 3.63) is 35.6 Å². The van der Waals surface area contributed by atoms with Crippen LogP contribution in [0.25, 0.3) is 0 Å². The zero-order valence-corrected chi connectivity index (χ0v) is 10.7. The Kier molecular flexibility index (Phi) is 6.82. The molecule has 1 rings (SSSR count). The zero-order chi connectivity index (χ0) is 12.5. The third-order valence-electron chi connectivity index (χ3n) is 2.81. The molecule has 0 fully saturated rings. The van der Waals surface area contributed by atoms with Crippen LogP contribution in [0.5, 0.6) is 0 Å². The highest BCUT2D eigenvalue weighted by Crippen LogP contribution is 2.16. The van der Waals surface area contributed by atoms with Crippen molar-refractivity contribution in [3.8, 4) is 0 Å². The van der Waals surface area contributed by atoms with Gasteiger partial charge in [-0.3, -0.25) is 0 Å². The van der Waals surface area contributed by atoms with E-state index in [2.05, 4.69) is 12.2 Å². The Bertz CT molecular complexity index is 300. The molecule has 1 unspecified atom stereocenters. The standard InChI is InChI=1S/C14H22FNO/c1-3-4-10-17-11-9-14(16-2)12-5-7-13(15)8-6-12/h5-8,14,16H,3-4,9-11H2,1-2H3. The van der Waals surface area contributed by atoms with Crippen LogP contribution in [0.15, 0.2) is 24.3 Å². The second kappa shape index (κ2) is 8.20. The molecule has 3 heteroatoms. The van der Waals surface area contributed by atoms with Crippen LogP contribution >= 0.6 is 0 Å². The fourth-order valence-electron chi connectivity index (χ4n) is 1.72. The molecule has 1 aromatic rings. The summed E-state index contributed by atoms with van der Waals surface area (Å²) >= 11 is 0. The smallest absolute Gasteiger partial charge is 0.123 e. The third-order valence-corrected chi connectivity index (χ3v) is 2.81. The SMILES string of the molecule is CCCCOCCC(NC)c1ccc(F)cc1. The molecule has 0 saturated heterocycles. The first-order valence-electron chi connectivity index (χ1n) is 6.28. The van der Waals surface area contributed by atoms with Crippen molar-refractivity contribution in [1.82, 2.24) is 5.32 Å². The molecule has 0 spiro atoms. The lowest BCUT2D eigenvalue weighted by atomic mass is 10.0. The van der Waals surface area contributed by atoms with Gasteiger partial charge in [-0.1, -0.05) is 25.5 Å². The molecule has 0 aliphatic rings. The van der Waals surface area contributed by atoms with Gasteiger partial charge in [-0.15, -0.1) is 0 Å². The molecule has 0 aliphatic heterocycles. The van der Waals surface area contributed by atoms with Gasteiger partial charge in [0, 0.05) is 19.3 Å². The van der Waals surface area contributed by atoms with Crippen LogP contribution in [0, 0.1) is 5.82 Å². The number of rotatable bonds is 8. The van der Waals surface area contributed by atoms with E-state index in [1.807, 2.05) is 19.2 Å². The third kappa shape index (κ3) is 5.29. The first-order valence-corrected chi connectivity index (χ1v) is 6.28. The minimum absolute atomic E-state index is 0.192. The molecule has 1 N–H and O–H groups in total. The summed E-state index contributed by atoms with van der Waals surface area (Å²) in [7, 11) is 1.92. The average molecular weight is 239 g/mol. The van der Waals surface area contributed by atoms with Crippen LogP contribution in [-0.2, 0) is 4.74 Å². The monoisotopic (exact) mass is 239 g/mol. The number of ether oxygens (including phenoxy) is 1. The highest BCUT2D eigenvalue weighted by molar-refractivity contribution is 5.19. The van der Waals surface area contributed by atoms with Gasteiger partial charge in [-0.25, -0.2) is 4.39 Å². The van der Waals surface area contributed by atoms with E-state index < -0.39 is 0 Å². The molecule has 96 valence electrons. The van der Waals surface area contributed by atoms with E-state index in [0.29, 0.717) is 0 Å². The molecule has 1 atom stereocenters. The lowest BCUT2D eigenvalue weighted by Crippen LogP contribution is -2.18. The fraction of sp³-hybridized carbons (Fsp3) is 0.571. The van der Waals surface area contributed by atoms with Crippen LogP contribution in [0.4, 0.5) is 4.39 Å². The first kappa shape index (κ1) is 14.1. The molecule has 1 aromatic carbocycles. The van der Waals surface area contributed by atoms with E-state index >= 15 is 0 Å². The van der Waals surface area contributed by atoms with Crippen molar-refractivity contribution in [3.63, 3.8) is 0 Å².